The molecule has 0 saturated carbocycles. The minimum absolute atomic E-state index is 0.0170. The van der Waals surface area contributed by atoms with Gasteiger partial charge in [0.2, 0.25) is 0 Å². The van der Waals surface area contributed by atoms with Gasteiger partial charge >= 0.3 is 0 Å². The third kappa shape index (κ3) is 3.32. The van der Waals surface area contributed by atoms with E-state index in [0.717, 1.165) is 17.0 Å². The van der Waals surface area contributed by atoms with E-state index in [0.29, 0.717) is 48.8 Å². The van der Waals surface area contributed by atoms with Gasteiger partial charge in [0.15, 0.2) is 12.5 Å². The number of ether oxygens (including phenoxy) is 1. The Kier molecular flexibility index (Phi) is 4.50. The van der Waals surface area contributed by atoms with Gasteiger partial charge in [-0.2, -0.15) is 0 Å². The average Bonchev–Trinajstić information content (AvgIpc) is 3.17. The van der Waals surface area contributed by atoms with Crippen molar-refractivity contribution in [3.05, 3.63) is 77.0 Å². The molecular formula is C23H21N3O4. The molecule has 7 nitrogen and oxygen atoms in total. The molecule has 0 saturated heterocycles. The fourth-order valence-electron chi connectivity index (χ4n) is 3.86. The second-order valence-electron chi connectivity index (χ2n) is 7.54. The van der Waals surface area contributed by atoms with Crippen LogP contribution in [0.15, 0.2) is 52.9 Å². The lowest BCUT2D eigenvalue weighted by molar-refractivity contribution is -0.120. The molecular weight excluding hydrogens is 382 g/mol. The third-order valence-electron chi connectivity index (χ3n) is 5.55. The molecule has 2 aliphatic heterocycles. The van der Waals surface area contributed by atoms with Crippen molar-refractivity contribution in [2.24, 2.45) is 0 Å². The first-order valence-corrected chi connectivity index (χ1v) is 9.92. The monoisotopic (exact) mass is 403 g/mol. The molecule has 0 aliphatic carbocycles. The Morgan fingerprint density at radius 2 is 2.00 bits per heavy atom. The van der Waals surface area contributed by atoms with Crippen LogP contribution >= 0.6 is 0 Å². The van der Waals surface area contributed by atoms with Gasteiger partial charge in [0.1, 0.15) is 17.2 Å². The van der Waals surface area contributed by atoms with Gasteiger partial charge in [-0.1, -0.05) is 30.3 Å². The molecule has 3 aromatic rings. The zero-order valence-electron chi connectivity index (χ0n) is 16.6. The van der Waals surface area contributed by atoms with Gasteiger partial charge in [-0.05, 0) is 23.8 Å². The van der Waals surface area contributed by atoms with Crippen LogP contribution < -0.4 is 9.64 Å². The summed E-state index contributed by atoms with van der Waals surface area (Å²) in [6.45, 7) is 0.992. The molecule has 2 aliphatic rings. The zero-order chi connectivity index (χ0) is 20.7. The molecule has 0 atom stereocenters. The van der Waals surface area contributed by atoms with Crippen LogP contribution in [0.3, 0.4) is 0 Å². The first kappa shape index (κ1) is 18.4. The fourth-order valence-corrected chi connectivity index (χ4v) is 3.86. The van der Waals surface area contributed by atoms with Crippen molar-refractivity contribution >= 4 is 17.5 Å². The zero-order valence-corrected chi connectivity index (χ0v) is 16.6. The summed E-state index contributed by atoms with van der Waals surface area (Å²) < 4.78 is 11.4. The first-order valence-electron chi connectivity index (χ1n) is 9.92. The van der Waals surface area contributed by atoms with Gasteiger partial charge in [0.25, 0.3) is 11.8 Å². The van der Waals surface area contributed by atoms with E-state index in [1.165, 1.54) is 4.90 Å². The van der Waals surface area contributed by atoms with E-state index in [1.807, 2.05) is 30.3 Å². The fraction of sp³-hybridized carbons (Fsp3) is 0.261. The molecule has 0 bridgehead atoms. The number of hydrogen-bond donors (Lipinski definition) is 0. The Morgan fingerprint density at radius 1 is 1.17 bits per heavy atom. The standard InChI is InChI=1S/C23H21N3O4/c1-25-18-12-16(7-8-20(18)29-14-22(25)27)23(28)26-10-9-19-17(13-26)24-21(30-19)11-15-5-3-2-4-6-15/h2-8,12H,9-11,13-14H2,1H3. The number of fused-ring (bicyclic) bond motifs is 2. The van der Waals surface area contributed by atoms with E-state index in [4.69, 9.17) is 9.15 Å². The minimum atomic E-state index is -0.136. The van der Waals surface area contributed by atoms with E-state index in [9.17, 15) is 9.59 Å². The summed E-state index contributed by atoms with van der Waals surface area (Å²) in [6.07, 6.45) is 1.27. The summed E-state index contributed by atoms with van der Waals surface area (Å²) in [4.78, 5) is 32.9. The number of hydrogen-bond acceptors (Lipinski definition) is 5. The lowest BCUT2D eigenvalue weighted by atomic mass is 10.1. The maximum atomic E-state index is 13.1. The van der Waals surface area contributed by atoms with Crippen LogP contribution in [0, 0.1) is 0 Å². The Balaban J connectivity index is 1.34. The Morgan fingerprint density at radius 3 is 2.83 bits per heavy atom. The summed E-state index contributed by atoms with van der Waals surface area (Å²) in [7, 11) is 1.69. The topological polar surface area (TPSA) is 75.9 Å². The number of nitrogens with zero attached hydrogens (tertiary/aromatic N) is 3. The maximum absolute atomic E-state index is 13.1. The van der Waals surface area contributed by atoms with Crippen LogP contribution in [0.5, 0.6) is 5.75 Å². The average molecular weight is 403 g/mol. The lowest BCUT2D eigenvalue weighted by Crippen LogP contribution is -2.37. The Hall–Kier alpha value is -3.61. The lowest BCUT2D eigenvalue weighted by Gasteiger charge is -2.28. The number of carbonyl (C=O) groups is 2. The number of rotatable bonds is 3. The summed E-state index contributed by atoms with van der Waals surface area (Å²) in [6, 6.07) is 15.3. The van der Waals surface area contributed by atoms with Gasteiger partial charge in [0, 0.05) is 32.0 Å². The molecule has 0 fully saturated rings. The van der Waals surface area contributed by atoms with Crippen molar-refractivity contribution in [2.45, 2.75) is 19.4 Å². The molecule has 0 spiro atoms. The van der Waals surface area contributed by atoms with Crippen LogP contribution in [0.2, 0.25) is 0 Å². The largest absolute Gasteiger partial charge is 0.482 e. The van der Waals surface area contributed by atoms with E-state index < -0.39 is 0 Å². The van der Waals surface area contributed by atoms with Crippen LogP contribution in [-0.2, 0) is 24.2 Å². The van der Waals surface area contributed by atoms with Crippen molar-refractivity contribution in [1.82, 2.24) is 9.88 Å². The molecule has 0 unspecified atom stereocenters. The Bertz CT molecular complexity index is 1120. The van der Waals surface area contributed by atoms with Gasteiger partial charge in [-0.15, -0.1) is 0 Å². The summed E-state index contributed by atoms with van der Waals surface area (Å²) >= 11 is 0. The molecule has 2 amide bonds. The third-order valence-corrected chi connectivity index (χ3v) is 5.55. The number of amides is 2. The molecule has 2 aromatic carbocycles. The second kappa shape index (κ2) is 7.33. The first-order chi connectivity index (χ1) is 14.6. The minimum Gasteiger partial charge on any atom is -0.482 e. The SMILES string of the molecule is CN1C(=O)COc2ccc(C(=O)N3CCc4oc(Cc5ccccc5)nc4C3)cc21. The highest BCUT2D eigenvalue weighted by molar-refractivity contribution is 6.01. The van der Waals surface area contributed by atoms with Crippen molar-refractivity contribution in [3.8, 4) is 5.75 Å². The van der Waals surface area contributed by atoms with E-state index in [1.54, 1.807) is 30.1 Å². The number of anilines is 1. The molecule has 0 N–H and O–H groups in total. The van der Waals surface area contributed by atoms with Crippen LogP contribution in [-0.4, -0.2) is 41.9 Å². The number of likely N-dealkylation sites (N-methyl/N-ethyl adjacent to an activating group) is 1. The number of oxazole rings is 1. The molecule has 5 rings (SSSR count). The van der Waals surface area contributed by atoms with Crippen molar-refractivity contribution < 1.29 is 18.7 Å². The quantitative estimate of drug-likeness (QED) is 0.672. The molecule has 30 heavy (non-hydrogen) atoms. The number of carbonyl (C=O) groups excluding carboxylic acids is 2. The number of benzene rings is 2. The second-order valence-corrected chi connectivity index (χ2v) is 7.54. The highest BCUT2D eigenvalue weighted by Gasteiger charge is 2.28. The van der Waals surface area contributed by atoms with Crippen LogP contribution in [0.1, 0.15) is 33.3 Å². The van der Waals surface area contributed by atoms with Crippen LogP contribution in [0.4, 0.5) is 5.69 Å². The van der Waals surface area contributed by atoms with Gasteiger partial charge in [-0.3, -0.25) is 9.59 Å². The van der Waals surface area contributed by atoms with E-state index in [2.05, 4.69) is 4.98 Å². The molecule has 3 heterocycles. The Labute approximate surface area is 173 Å². The van der Waals surface area contributed by atoms with Crippen LogP contribution in [0.25, 0.3) is 0 Å². The van der Waals surface area contributed by atoms with Gasteiger partial charge in [-0.25, -0.2) is 4.98 Å². The van der Waals surface area contributed by atoms with Gasteiger partial charge in [0.05, 0.1) is 12.2 Å². The highest BCUT2D eigenvalue weighted by Crippen LogP contribution is 2.33. The van der Waals surface area contributed by atoms with Gasteiger partial charge < -0.3 is 19.0 Å². The maximum Gasteiger partial charge on any atom is 0.264 e. The molecule has 1 aromatic heterocycles. The molecule has 7 heteroatoms. The van der Waals surface area contributed by atoms with E-state index >= 15 is 0 Å². The summed E-state index contributed by atoms with van der Waals surface area (Å²) in [5.74, 6) is 1.91. The molecule has 152 valence electrons. The highest BCUT2D eigenvalue weighted by atomic mass is 16.5. The normalized spacial score (nSPS) is 15.4. The van der Waals surface area contributed by atoms with E-state index in [-0.39, 0.29) is 18.4 Å². The molecule has 0 radical (unpaired) electrons. The summed E-state index contributed by atoms with van der Waals surface area (Å²) in [5.41, 5.74) is 3.09. The predicted molar refractivity (Wildman–Crippen MR) is 110 cm³/mol. The predicted octanol–water partition coefficient (Wildman–Crippen LogP) is 2.82. The van der Waals surface area contributed by atoms with Crippen molar-refractivity contribution in [3.63, 3.8) is 0 Å². The smallest absolute Gasteiger partial charge is 0.264 e. The number of aromatic nitrogens is 1. The van der Waals surface area contributed by atoms with Crippen molar-refractivity contribution in [2.75, 3.05) is 25.1 Å². The van der Waals surface area contributed by atoms with Crippen molar-refractivity contribution in [1.29, 1.82) is 0 Å². The summed E-state index contributed by atoms with van der Waals surface area (Å²) in [5, 5.41) is 0.